The first kappa shape index (κ1) is 8.31. The van der Waals surface area contributed by atoms with Gasteiger partial charge in [-0.05, 0) is 6.26 Å². The highest BCUT2D eigenvalue weighted by molar-refractivity contribution is 7.98. The van der Waals surface area contributed by atoms with E-state index in [0.717, 1.165) is 0 Å². The molecule has 68 valence electrons. The number of hydrogen-bond donors (Lipinski definition) is 1. The number of aryl methyl sites for hydroxylation is 1. The number of nitrogens with zero attached hydrogens (tertiary/aromatic N) is 4. The summed E-state index contributed by atoms with van der Waals surface area (Å²) in [6, 6.07) is 0. The zero-order valence-electron chi connectivity index (χ0n) is 7.22. The summed E-state index contributed by atoms with van der Waals surface area (Å²) in [6.07, 6.45) is 3.40. The molecule has 0 fully saturated rings. The number of aromatic nitrogens is 4. The Morgan fingerprint density at radius 3 is 2.85 bits per heavy atom. The highest BCUT2D eigenvalue weighted by atomic mass is 32.2. The van der Waals surface area contributed by atoms with E-state index in [1.807, 2.05) is 6.26 Å². The van der Waals surface area contributed by atoms with Crippen LogP contribution >= 0.6 is 11.8 Å². The van der Waals surface area contributed by atoms with Crippen molar-refractivity contribution in [3.8, 4) is 17.5 Å². The Kier molecular flexibility index (Phi) is 1.84. The van der Waals surface area contributed by atoms with Gasteiger partial charge in [0.15, 0.2) is 11.0 Å². The summed E-state index contributed by atoms with van der Waals surface area (Å²) >= 11 is 1.45. The van der Waals surface area contributed by atoms with Crippen LogP contribution in [-0.2, 0) is 7.05 Å². The van der Waals surface area contributed by atoms with E-state index in [-0.39, 0.29) is 5.88 Å². The molecule has 0 aromatic rings. The molecular formula is C7H8N4OS. The molecule has 2 aliphatic heterocycles. The summed E-state index contributed by atoms with van der Waals surface area (Å²) in [4.78, 5) is 12.2. The molecule has 5 nitrogen and oxygen atoms in total. The standard InChI is InChI=1S/C7H8N4OS/c1-11-3-4(12)8-5-6(11)10-7(9-5)13-2/h3,12H,1-2H3. The van der Waals surface area contributed by atoms with Gasteiger partial charge in [0.1, 0.15) is 0 Å². The summed E-state index contributed by atoms with van der Waals surface area (Å²) in [5, 5.41) is 9.86. The largest absolute Gasteiger partial charge is 0.492 e. The number of imidazole rings is 1. The lowest BCUT2D eigenvalue weighted by atomic mass is 10.5. The van der Waals surface area contributed by atoms with E-state index >= 15 is 0 Å². The monoisotopic (exact) mass is 196 g/mol. The topological polar surface area (TPSA) is 63.8 Å². The van der Waals surface area contributed by atoms with E-state index in [1.54, 1.807) is 11.6 Å². The summed E-state index contributed by atoms with van der Waals surface area (Å²) in [5.74, 6) is 1.12. The Morgan fingerprint density at radius 1 is 1.38 bits per heavy atom. The van der Waals surface area contributed by atoms with Crippen LogP contribution in [0.3, 0.4) is 0 Å². The third-order valence-corrected chi connectivity index (χ3v) is 2.20. The maximum atomic E-state index is 9.19. The lowest BCUT2D eigenvalue weighted by molar-refractivity contribution is 0.446. The lowest BCUT2D eigenvalue weighted by Crippen LogP contribution is -1.99. The van der Waals surface area contributed by atoms with Crippen molar-refractivity contribution >= 4 is 11.8 Å². The molecule has 2 heterocycles. The molecular weight excluding hydrogens is 188 g/mol. The van der Waals surface area contributed by atoms with Crippen molar-refractivity contribution in [1.29, 1.82) is 0 Å². The van der Waals surface area contributed by atoms with Crippen molar-refractivity contribution in [2.75, 3.05) is 6.26 Å². The van der Waals surface area contributed by atoms with Crippen LogP contribution in [0.4, 0.5) is 0 Å². The Hall–Kier alpha value is -1.30. The third-order valence-electron chi connectivity index (χ3n) is 1.65. The predicted octanol–water partition coefficient (Wildman–Crippen LogP) is 0.742. The highest BCUT2D eigenvalue weighted by Crippen LogP contribution is 2.22. The zero-order chi connectivity index (χ0) is 9.42. The molecule has 0 atom stereocenters. The van der Waals surface area contributed by atoms with Gasteiger partial charge in [0, 0.05) is 7.05 Å². The molecule has 0 saturated heterocycles. The van der Waals surface area contributed by atoms with Crippen LogP contribution in [0.5, 0.6) is 5.88 Å². The highest BCUT2D eigenvalue weighted by Gasteiger charge is 2.14. The maximum Gasteiger partial charge on any atom is 0.229 e. The quantitative estimate of drug-likeness (QED) is 0.681. The number of thioether (sulfide) groups is 1. The molecule has 1 N–H and O–H groups in total. The second-order valence-electron chi connectivity index (χ2n) is 2.57. The molecule has 0 aliphatic carbocycles. The molecule has 13 heavy (non-hydrogen) atoms. The van der Waals surface area contributed by atoms with Crippen molar-refractivity contribution in [1.82, 2.24) is 19.5 Å². The van der Waals surface area contributed by atoms with E-state index in [9.17, 15) is 5.11 Å². The van der Waals surface area contributed by atoms with Crippen LogP contribution in [0.25, 0.3) is 11.6 Å². The first-order valence-electron chi connectivity index (χ1n) is 3.65. The minimum absolute atomic E-state index is 0.0393. The molecule has 0 bridgehead atoms. The van der Waals surface area contributed by atoms with Gasteiger partial charge in [-0.15, -0.1) is 0 Å². The van der Waals surface area contributed by atoms with E-state index < -0.39 is 0 Å². The Labute approximate surface area is 79.2 Å². The normalized spacial score (nSPS) is 10.9. The zero-order valence-corrected chi connectivity index (χ0v) is 8.04. The molecule has 0 amide bonds. The number of rotatable bonds is 1. The maximum absolute atomic E-state index is 9.19. The fourth-order valence-electron chi connectivity index (χ4n) is 1.08. The van der Waals surface area contributed by atoms with Gasteiger partial charge < -0.3 is 9.67 Å². The van der Waals surface area contributed by atoms with Gasteiger partial charge >= 0.3 is 0 Å². The minimum atomic E-state index is -0.0393. The van der Waals surface area contributed by atoms with E-state index in [1.165, 1.54) is 18.0 Å². The summed E-state index contributed by atoms with van der Waals surface area (Å²) in [5.41, 5.74) is 0. The molecule has 0 unspecified atom stereocenters. The average molecular weight is 196 g/mol. The van der Waals surface area contributed by atoms with Crippen molar-refractivity contribution < 1.29 is 5.11 Å². The van der Waals surface area contributed by atoms with E-state index in [4.69, 9.17) is 0 Å². The number of fused-ring (bicyclic) bond motifs is 1. The molecule has 0 aromatic carbocycles. The van der Waals surface area contributed by atoms with Gasteiger partial charge in [-0.3, -0.25) is 0 Å². The van der Waals surface area contributed by atoms with Crippen LogP contribution in [0.1, 0.15) is 0 Å². The molecule has 2 rings (SSSR count). The lowest BCUT2D eigenvalue weighted by Gasteiger charge is -2.02. The van der Waals surface area contributed by atoms with Gasteiger partial charge in [0.25, 0.3) is 0 Å². The molecule has 2 aliphatic rings. The van der Waals surface area contributed by atoms with E-state index in [2.05, 4.69) is 15.0 Å². The van der Waals surface area contributed by atoms with Crippen LogP contribution in [0.2, 0.25) is 0 Å². The van der Waals surface area contributed by atoms with Gasteiger partial charge in [-0.2, -0.15) is 9.97 Å². The van der Waals surface area contributed by atoms with E-state index in [0.29, 0.717) is 16.8 Å². The first-order chi connectivity index (χ1) is 6.20. The van der Waals surface area contributed by atoms with Crippen molar-refractivity contribution in [2.24, 2.45) is 7.05 Å². The molecule has 0 radical (unpaired) electrons. The molecule has 0 saturated carbocycles. The minimum Gasteiger partial charge on any atom is -0.492 e. The van der Waals surface area contributed by atoms with Gasteiger partial charge in [-0.25, -0.2) is 4.98 Å². The second kappa shape index (κ2) is 2.88. The van der Waals surface area contributed by atoms with Crippen LogP contribution < -0.4 is 0 Å². The average Bonchev–Trinajstić information content (AvgIpc) is 2.47. The Bertz CT molecular complexity index is 413. The summed E-state index contributed by atoms with van der Waals surface area (Å²) < 4.78 is 1.70. The van der Waals surface area contributed by atoms with Crippen molar-refractivity contribution in [3.05, 3.63) is 6.20 Å². The van der Waals surface area contributed by atoms with Gasteiger partial charge in [0.05, 0.1) is 6.20 Å². The smallest absolute Gasteiger partial charge is 0.229 e. The van der Waals surface area contributed by atoms with Gasteiger partial charge in [0.2, 0.25) is 11.7 Å². The fraction of sp³-hybridized carbons (Fsp3) is 0.286. The molecule has 6 heteroatoms. The SMILES string of the molecule is CSc1nc2nc(O)cn(C)c-2n1. The van der Waals surface area contributed by atoms with Crippen molar-refractivity contribution in [2.45, 2.75) is 5.16 Å². The third kappa shape index (κ3) is 1.33. The number of aromatic hydroxyl groups is 1. The molecule has 0 aromatic heterocycles. The second-order valence-corrected chi connectivity index (χ2v) is 3.34. The van der Waals surface area contributed by atoms with Crippen LogP contribution in [-0.4, -0.2) is 30.9 Å². The summed E-state index contributed by atoms with van der Waals surface area (Å²) in [6.45, 7) is 0. The Balaban J connectivity index is 2.68. The number of hydrogen-bond acceptors (Lipinski definition) is 5. The van der Waals surface area contributed by atoms with Crippen LogP contribution in [0.15, 0.2) is 11.4 Å². The van der Waals surface area contributed by atoms with Crippen LogP contribution in [0, 0.1) is 0 Å². The molecule has 0 spiro atoms. The first-order valence-corrected chi connectivity index (χ1v) is 4.87. The summed E-state index contributed by atoms with van der Waals surface area (Å²) in [7, 11) is 1.79. The Morgan fingerprint density at radius 2 is 2.15 bits per heavy atom. The van der Waals surface area contributed by atoms with Gasteiger partial charge in [-0.1, -0.05) is 11.8 Å². The fourth-order valence-corrected chi connectivity index (χ4v) is 1.44. The predicted molar refractivity (Wildman–Crippen MR) is 48.9 cm³/mol. The van der Waals surface area contributed by atoms with Crippen molar-refractivity contribution in [3.63, 3.8) is 0 Å².